The Kier molecular flexibility index (Phi) is 3.02. The minimum absolute atomic E-state index is 0.196. The van der Waals surface area contributed by atoms with Crippen molar-refractivity contribution in [2.75, 3.05) is 0 Å². The lowest BCUT2D eigenvalue weighted by atomic mass is 9.89. The molecule has 0 aliphatic carbocycles. The van der Waals surface area contributed by atoms with Crippen LogP contribution in [0, 0.1) is 19.7 Å². The molecule has 78 valence electrons. The minimum Gasteiger partial charge on any atom is -0.322 e. The Hall–Kier alpha value is -0.410. The fraction of sp³-hybridized carbons (Fsp3) is 0.455. The average Bonchev–Trinajstić information content (AvgIpc) is 1.98. The van der Waals surface area contributed by atoms with Gasteiger partial charge in [0.25, 0.3) is 0 Å². The van der Waals surface area contributed by atoms with Crippen LogP contribution in [0.2, 0.25) is 0 Å². The van der Waals surface area contributed by atoms with Gasteiger partial charge in [0.1, 0.15) is 5.82 Å². The van der Waals surface area contributed by atoms with E-state index in [1.54, 1.807) is 13.0 Å². The highest BCUT2D eigenvalue weighted by atomic mass is 79.9. The molecular formula is C11H15BrFN. The summed E-state index contributed by atoms with van der Waals surface area (Å²) in [5, 5.41) is 0. The van der Waals surface area contributed by atoms with Crippen LogP contribution >= 0.6 is 15.9 Å². The second kappa shape index (κ2) is 3.63. The zero-order valence-corrected chi connectivity index (χ0v) is 10.5. The third kappa shape index (κ3) is 1.98. The Morgan fingerprint density at radius 1 is 1.36 bits per heavy atom. The summed E-state index contributed by atoms with van der Waals surface area (Å²) >= 11 is 3.40. The number of hydrogen-bond acceptors (Lipinski definition) is 1. The summed E-state index contributed by atoms with van der Waals surface area (Å²) in [7, 11) is 0. The SMILES string of the molecule is Cc1cc(Br)c(C)c(C(C)(C)N)c1F. The van der Waals surface area contributed by atoms with E-state index < -0.39 is 5.54 Å². The molecule has 0 atom stereocenters. The van der Waals surface area contributed by atoms with Crippen molar-refractivity contribution >= 4 is 15.9 Å². The molecule has 0 unspecified atom stereocenters. The molecule has 0 fully saturated rings. The van der Waals surface area contributed by atoms with Gasteiger partial charge in [0.15, 0.2) is 0 Å². The Morgan fingerprint density at radius 2 is 1.86 bits per heavy atom. The Balaban J connectivity index is 3.56. The van der Waals surface area contributed by atoms with Crippen LogP contribution in [0.15, 0.2) is 10.5 Å². The molecular weight excluding hydrogens is 245 g/mol. The highest BCUT2D eigenvalue weighted by Crippen LogP contribution is 2.31. The van der Waals surface area contributed by atoms with Gasteiger partial charge in [0.05, 0.1) is 0 Å². The molecule has 0 spiro atoms. The first-order chi connectivity index (χ1) is 6.25. The van der Waals surface area contributed by atoms with Gasteiger partial charge in [-0.25, -0.2) is 4.39 Å². The van der Waals surface area contributed by atoms with Crippen molar-refractivity contribution in [3.8, 4) is 0 Å². The normalized spacial score (nSPS) is 11.9. The summed E-state index contributed by atoms with van der Waals surface area (Å²) in [4.78, 5) is 0. The lowest BCUT2D eigenvalue weighted by Crippen LogP contribution is -2.31. The molecule has 2 N–H and O–H groups in total. The van der Waals surface area contributed by atoms with E-state index in [0.717, 1.165) is 10.0 Å². The molecule has 1 rings (SSSR count). The standard InChI is InChI=1S/C11H15BrFN/c1-6-5-8(12)7(2)9(10(6)13)11(3,4)14/h5H,14H2,1-4H3. The number of nitrogens with two attached hydrogens (primary N) is 1. The van der Waals surface area contributed by atoms with Crippen LogP contribution in [0.3, 0.4) is 0 Å². The Morgan fingerprint density at radius 3 is 2.29 bits per heavy atom. The van der Waals surface area contributed by atoms with Gasteiger partial charge >= 0.3 is 0 Å². The monoisotopic (exact) mass is 259 g/mol. The van der Waals surface area contributed by atoms with Gasteiger partial charge in [-0.15, -0.1) is 0 Å². The van der Waals surface area contributed by atoms with Crippen molar-refractivity contribution in [3.63, 3.8) is 0 Å². The lowest BCUT2D eigenvalue weighted by molar-refractivity contribution is 0.494. The fourth-order valence-electron chi connectivity index (χ4n) is 1.61. The van der Waals surface area contributed by atoms with Gasteiger partial charge in [0.2, 0.25) is 0 Å². The largest absolute Gasteiger partial charge is 0.322 e. The van der Waals surface area contributed by atoms with E-state index in [9.17, 15) is 4.39 Å². The van der Waals surface area contributed by atoms with Crippen LogP contribution in [0.1, 0.15) is 30.5 Å². The Bertz CT molecular complexity index is 340. The summed E-state index contributed by atoms with van der Waals surface area (Å²) in [6, 6.07) is 1.78. The van der Waals surface area contributed by atoms with Crippen LogP contribution in [-0.2, 0) is 5.54 Å². The quantitative estimate of drug-likeness (QED) is 0.822. The van der Waals surface area contributed by atoms with Crippen molar-refractivity contribution in [1.29, 1.82) is 0 Å². The van der Waals surface area contributed by atoms with E-state index in [-0.39, 0.29) is 5.82 Å². The van der Waals surface area contributed by atoms with Gasteiger partial charge in [-0.05, 0) is 44.9 Å². The molecule has 0 amide bonds. The third-order valence-corrected chi connectivity index (χ3v) is 3.11. The van der Waals surface area contributed by atoms with Crippen molar-refractivity contribution in [1.82, 2.24) is 0 Å². The number of rotatable bonds is 1. The van der Waals surface area contributed by atoms with Crippen molar-refractivity contribution in [3.05, 3.63) is 33.0 Å². The molecule has 0 aromatic heterocycles. The average molecular weight is 260 g/mol. The zero-order valence-electron chi connectivity index (χ0n) is 8.91. The first-order valence-electron chi connectivity index (χ1n) is 4.49. The van der Waals surface area contributed by atoms with Crippen molar-refractivity contribution in [2.45, 2.75) is 33.2 Å². The van der Waals surface area contributed by atoms with Gasteiger partial charge in [-0.3, -0.25) is 0 Å². The Labute approximate surface area is 92.6 Å². The zero-order chi connectivity index (χ0) is 11.1. The molecule has 1 nitrogen and oxygen atoms in total. The van der Waals surface area contributed by atoms with E-state index >= 15 is 0 Å². The fourth-order valence-corrected chi connectivity index (χ4v) is 2.15. The maximum Gasteiger partial charge on any atom is 0.131 e. The molecule has 3 heteroatoms. The predicted molar refractivity (Wildman–Crippen MR) is 60.8 cm³/mol. The molecule has 0 heterocycles. The number of benzene rings is 1. The summed E-state index contributed by atoms with van der Waals surface area (Å²) in [5.41, 5.74) is 7.37. The van der Waals surface area contributed by atoms with E-state index in [1.165, 1.54) is 0 Å². The summed E-state index contributed by atoms with van der Waals surface area (Å²) in [6.07, 6.45) is 0. The molecule has 0 saturated heterocycles. The van der Waals surface area contributed by atoms with E-state index in [2.05, 4.69) is 15.9 Å². The predicted octanol–water partition coefficient (Wildman–Crippen LogP) is 3.40. The number of hydrogen-bond donors (Lipinski definition) is 1. The second-order valence-electron chi connectivity index (χ2n) is 4.21. The van der Waals surface area contributed by atoms with Crippen LogP contribution in [0.5, 0.6) is 0 Å². The summed E-state index contributed by atoms with van der Waals surface area (Å²) in [5.74, 6) is -0.196. The molecule has 0 bridgehead atoms. The smallest absolute Gasteiger partial charge is 0.131 e. The maximum absolute atomic E-state index is 13.8. The molecule has 1 aromatic carbocycles. The summed E-state index contributed by atoms with van der Waals surface area (Å²) < 4.78 is 14.7. The van der Waals surface area contributed by atoms with Gasteiger partial charge in [0, 0.05) is 15.6 Å². The lowest BCUT2D eigenvalue weighted by Gasteiger charge is -2.24. The molecule has 14 heavy (non-hydrogen) atoms. The first-order valence-corrected chi connectivity index (χ1v) is 5.29. The first kappa shape index (κ1) is 11.7. The molecule has 1 aromatic rings. The highest BCUT2D eigenvalue weighted by molar-refractivity contribution is 9.10. The third-order valence-electron chi connectivity index (χ3n) is 2.29. The topological polar surface area (TPSA) is 26.0 Å². The number of aryl methyl sites for hydroxylation is 1. The van der Waals surface area contributed by atoms with Crippen molar-refractivity contribution in [2.24, 2.45) is 5.73 Å². The van der Waals surface area contributed by atoms with Crippen LogP contribution in [-0.4, -0.2) is 0 Å². The van der Waals surface area contributed by atoms with Crippen LogP contribution < -0.4 is 5.73 Å². The summed E-state index contributed by atoms with van der Waals surface area (Å²) in [6.45, 7) is 7.24. The molecule has 0 aliphatic heterocycles. The van der Waals surface area contributed by atoms with E-state index in [1.807, 2.05) is 20.8 Å². The van der Waals surface area contributed by atoms with Gasteiger partial charge in [-0.2, -0.15) is 0 Å². The van der Waals surface area contributed by atoms with Gasteiger partial charge in [-0.1, -0.05) is 15.9 Å². The highest BCUT2D eigenvalue weighted by Gasteiger charge is 2.23. The van der Waals surface area contributed by atoms with Crippen molar-refractivity contribution < 1.29 is 4.39 Å². The van der Waals surface area contributed by atoms with Crippen LogP contribution in [0.4, 0.5) is 4.39 Å². The molecule has 0 aliphatic rings. The van der Waals surface area contributed by atoms with Gasteiger partial charge < -0.3 is 5.73 Å². The van der Waals surface area contributed by atoms with E-state index in [4.69, 9.17) is 5.73 Å². The van der Waals surface area contributed by atoms with Crippen LogP contribution in [0.25, 0.3) is 0 Å². The number of halogens is 2. The molecule has 0 radical (unpaired) electrons. The molecule has 0 saturated carbocycles. The minimum atomic E-state index is -0.650. The second-order valence-corrected chi connectivity index (χ2v) is 5.07. The maximum atomic E-state index is 13.8. The van der Waals surface area contributed by atoms with E-state index in [0.29, 0.717) is 11.1 Å².